The van der Waals surface area contributed by atoms with Crippen LogP contribution in [0.4, 0.5) is 16.0 Å². The lowest BCUT2D eigenvalue weighted by Crippen LogP contribution is -2.42. The summed E-state index contributed by atoms with van der Waals surface area (Å²) in [5.74, 6) is -0.0330. The molecule has 0 bridgehead atoms. The first-order valence-corrected chi connectivity index (χ1v) is 8.64. The molecular formula is C18H18FN7O. The maximum Gasteiger partial charge on any atom is 0.291 e. The molecule has 1 aliphatic carbocycles. The van der Waals surface area contributed by atoms with Gasteiger partial charge in [-0.1, -0.05) is 6.42 Å². The second-order valence-electron chi connectivity index (χ2n) is 6.51. The Morgan fingerprint density at radius 3 is 2.63 bits per heavy atom. The van der Waals surface area contributed by atoms with Gasteiger partial charge in [0.2, 0.25) is 5.95 Å². The maximum absolute atomic E-state index is 14.2. The molecule has 3 aromatic heterocycles. The van der Waals surface area contributed by atoms with Gasteiger partial charge in [-0.2, -0.15) is 0 Å². The molecule has 1 aliphatic rings. The van der Waals surface area contributed by atoms with Gasteiger partial charge in [0.15, 0.2) is 5.82 Å². The van der Waals surface area contributed by atoms with Crippen LogP contribution in [-0.4, -0.2) is 37.4 Å². The van der Waals surface area contributed by atoms with Crippen LogP contribution in [0.1, 0.15) is 35.6 Å². The van der Waals surface area contributed by atoms with Gasteiger partial charge in [-0.25, -0.2) is 19.3 Å². The molecular weight excluding hydrogens is 349 g/mol. The summed E-state index contributed by atoms with van der Waals surface area (Å²) in [6.45, 7) is 0.499. The summed E-state index contributed by atoms with van der Waals surface area (Å²) in [4.78, 5) is 31.2. The number of anilines is 2. The molecule has 4 rings (SSSR count). The van der Waals surface area contributed by atoms with E-state index in [0.29, 0.717) is 23.9 Å². The molecule has 1 saturated carbocycles. The largest absolute Gasteiger partial charge is 0.353 e. The lowest BCUT2D eigenvalue weighted by Gasteiger charge is -2.41. The topological polar surface area (TPSA) is 108 Å². The second-order valence-corrected chi connectivity index (χ2v) is 6.51. The smallest absolute Gasteiger partial charge is 0.291 e. The van der Waals surface area contributed by atoms with E-state index in [1.165, 1.54) is 24.7 Å². The third-order valence-corrected chi connectivity index (χ3v) is 4.78. The molecule has 0 aromatic carbocycles. The van der Waals surface area contributed by atoms with Crippen LogP contribution in [0.3, 0.4) is 0 Å². The summed E-state index contributed by atoms with van der Waals surface area (Å²) >= 11 is 0. The molecule has 1 amide bonds. The first-order valence-electron chi connectivity index (χ1n) is 8.64. The highest BCUT2D eigenvalue weighted by Crippen LogP contribution is 2.43. The first kappa shape index (κ1) is 17.1. The predicted molar refractivity (Wildman–Crippen MR) is 96.8 cm³/mol. The van der Waals surface area contributed by atoms with Gasteiger partial charge >= 0.3 is 0 Å². The van der Waals surface area contributed by atoms with E-state index < -0.39 is 0 Å². The quantitative estimate of drug-likeness (QED) is 0.618. The van der Waals surface area contributed by atoms with Gasteiger partial charge in [0, 0.05) is 30.6 Å². The number of nitrogens with one attached hydrogen (secondary N) is 3. The van der Waals surface area contributed by atoms with Crippen LogP contribution in [0.5, 0.6) is 0 Å². The van der Waals surface area contributed by atoms with E-state index in [1.807, 2.05) is 0 Å². The fraction of sp³-hybridized carbons (Fsp3) is 0.278. The number of halogens is 1. The van der Waals surface area contributed by atoms with Gasteiger partial charge in [0.05, 0.1) is 23.8 Å². The average Bonchev–Trinajstić information content (AvgIpc) is 3.18. The first-order chi connectivity index (χ1) is 13.2. The van der Waals surface area contributed by atoms with Gasteiger partial charge in [0.1, 0.15) is 5.82 Å². The molecule has 27 heavy (non-hydrogen) atoms. The summed E-state index contributed by atoms with van der Waals surface area (Å²) in [5.41, 5.74) is 0.614. The number of nitrogens with zero attached hydrogens (tertiary/aromatic N) is 4. The maximum atomic E-state index is 14.2. The minimum Gasteiger partial charge on any atom is -0.353 e. The van der Waals surface area contributed by atoms with Gasteiger partial charge in [-0.15, -0.1) is 0 Å². The molecule has 138 valence electrons. The summed E-state index contributed by atoms with van der Waals surface area (Å²) in [6.07, 6.45) is 10.5. The van der Waals surface area contributed by atoms with Crippen molar-refractivity contribution in [1.82, 2.24) is 24.9 Å². The second kappa shape index (κ2) is 7.10. The van der Waals surface area contributed by atoms with Crippen molar-refractivity contribution in [2.45, 2.75) is 24.7 Å². The highest BCUT2D eigenvalue weighted by molar-refractivity contribution is 6.01. The molecule has 0 spiro atoms. The van der Waals surface area contributed by atoms with Crippen molar-refractivity contribution in [3.8, 4) is 0 Å². The molecule has 3 aromatic rings. The Balaban J connectivity index is 1.40. The third-order valence-electron chi connectivity index (χ3n) is 4.78. The van der Waals surface area contributed by atoms with E-state index in [4.69, 9.17) is 0 Å². The van der Waals surface area contributed by atoms with E-state index in [2.05, 4.69) is 35.6 Å². The fourth-order valence-corrected chi connectivity index (χ4v) is 3.19. The van der Waals surface area contributed by atoms with Crippen molar-refractivity contribution < 1.29 is 9.18 Å². The Kier molecular flexibility index (Phi) is 4.49. The number of rotatable bonds is 6. The van der Waals surface area contributed by atoms with Gasteiger partial charge in [-0.05, 0) is 25.0 Å². The Morgan fingerprint density at radius 1 is 1.19 bits per heavy atom. The number of hydrogen-bond acceptors (Lipinski definition) is 6. The minimum absolute atomic E-state index is 0.210. The van der Waals surface area contributed by atoms with Gasteiger partial charge in [-0.3, -0.25) is 9.78 Å². The van der Waals surface area contributed by atoms with Crippen LogP contribution in [0.2, 0.25) is 0 Å². The Hall–Kier alpha value is -3.36. The van der Waals surface area contributed by atoms with Gasteiger partial charge < -0.3 is 15.6 Å². The SMILES string of the molecule is O=C(Nc1cnc(NCC2(c3ncccc3F)CCC2)nc1)c1ncc[nH]1. The number of aromatic amines is 1. The third kappa shape index (κ3) is 3.48. The minimum atomic E-state index is -0.372. The molecule has 1 fully saturated rings. The molecule has 9 heteroatoms. The number of carbonyl (C=O) groups is 1. The van der Waals surface area contributed by atoms with Crippen LogP contribution in [-0.2, 0) is 5.41 Å². The molecule has 0 saturated heterocycles. The van der Waals surface area contributed by atoms with E-state index >= 15 is 0 Å². The predicted octanol–water partition coefficient (Wildman–Crippen LogP) is 2.52. The highest BCUT2D eigenvalue weighted by atomic mass is 19.1. The van der Waals surface area contributed by atoms with Crippen molar-refractivity contribution in [1.29, 1.82) is 0 Å². The average molecular weight is 367 g/mol. The lowest BCUT2D eigenvalue weighted by molar-refractivity contribution is 0.101. The standard InChI is InChI=1S/C18H18FN7O/c19-13-3-1-6-20-14(13)18(4-2-5-18)11-25-17-23-9-12(10-24-17)26-16(27)15-21-7-8-22-15/h1,3,6-10H,2,4-5,11H2,(H,21,22)(H,26,27)(H,23,24,25). The van der Waals surface area contributed by atoms with E-state index in [-0.39, 0.29) is 23.0 Å². The Labute approximate surface area is 154 Å². The van der Waals surface area contributed by atoms with Crippen molar-refractivity contribution in [2.24, 2.45) is 0 Å². The molecule has 3 heterocycles. The van der Waals surface area contributed by atoms with Crippen LogP contribution in [0.25, 0.3) is 0 Å². The van der Waals surface area contributed by atoms with Crippen molar-refractivity contribution >= 4 is 17.5 Å². The van der Waals surface area contributed by atoms with E-state index in [9.17, 15) is 9.18 Å². The molecule has 0 radical (unpaired) electrons. The number of H-pyrrole nitrogens is 1. The normalized spacial score (nSPS) is 15.0. The Bertz CT molecular complexity index is 923. The number of hydrogen-bond donors (Lipinski definition) is 3. The monoisotopic (exact) mass is 367 g/mol. The van der Waals surface area contributed by atoms with E-state index in [0.717, 1.165) is 19.3 Å². The zero-order valence-corrected chi connectivity index (χ0v) is 14.4. The summed E-state index contributed by atoms with van der Waals surface area (Å²) in [5, 5.41) is 5.82. The number of pyridine rings is 1. The molecule has 0 atom stereocenters. The zero-order chi connectivity index (χ0) is 18.7. The van der Waals surface area contributed by atoms with Crippen molar-refractivity contribution in [3.63, 3.8) is 0 Å². The van der Waals surface area contributed by atoms with Crippen LogP contribution in [0.15, 0.2) is 43.1 Å². The van der Waals surface area contributed by atoms with Crippen molar-refractivity contribution in [2.75, 3.05) is 17.2 Å². The number of aromatic nitrogens is 5. The summed E-state index contributed by atoms with van der Waals surface area (Å²) in [7, 11) is 0. The molecule has 3 N–H and O–H groups in total. The molecule has 0 unspecified atom stereocenters. The summed E-state index contributed by atoms with van der Waals surface area (Å²) < 4.78 is 14.2. The fourth-order valence-electron chi connectivity index (χ4n) is 3.19. The van der Waals surface area contributed by atoms with Crippen LogP contribution >= 0.6 is 0 Å². The number of imidazole rings is 1. The lowest BCUT2D eigenvalue weighted by atomic mass is 9.66. The van der Waals surface area contributed by atoms with Crippen molar-refractivity contribution in [3.05, 3.63) is 60.5 Å². The number of amides is 1. The zero-order valence-electron chi connectivity index (χ0n) is 14.4. The van der Waals surface area contributed by atoms with Crippen LogP contribution < -0.4 is 10.6 Å². The summed E-state index contributed by atoms with van der Waals surface area (Å²) in [6, 6.07) is 3.03. The number of carbonyl (C=O) groups excluding carboxylic acids is 1. The van der Waals surface area contributed by atoms with Crippen LogP contribution in [0, 0.1) is 5.82 Å². The molecule has 8 nitrogen and oxygen atoms in total. The molecule has 0 aliphatic heterocycles. The van der Waals surface area contributed by atoms with Gasteiger partial charge in [0.25, 0.3) is 5.91 Å². The highest BCUT2D eigenvalue weighted by Gasteiger charge is 2.41. The van der Waals surface area contributed by atoms with E-state index in [1.54, 1.807) is 18.5 Å². The Morgan fingerprint density at radius 2 is 2.00 bits per heavy atom.